The van der Waals surface area contributed by atoms with Crippen molar-refractivity contribution >= 4 is 56.5 Å². The lowest BCUT2D eigenvalue weighted by molar-refractivity contribution is -0.132. The second kappa shape index (κ2) is 11.9. The number of hydrogen-bond donors (Lipinski definition) is 2. The zero-order valence-corrected chi connectivity index (χ0v) is 21.4. The van der Waals surface area contributed by atoms with E-state index in [1.54, 1.807) is 42.5 Å². The number of nitrogens with one attached hydrogen (secondary N) is 1. The van der Waals surface area contributed by atoms with Gasteiger partial charge in [-0.15, -0.1) is 0 Å². The Hall–Kier alpha value is -2.85. The standard InChI is InChI=1S/C25H21BrINO5/c1-2-32-22-14-16(12-20(27)23(22)33-15-18-10-6-7-11-19(18)26)13-21(25(30)31)28-24(29)17-8-4-3-5-9-17/h3-14H,2,15H2,1H3,(H,28,29)(H,30,31)/b21-13+. The zero-order chi connectivity index (χ0) is 23.8. The normalized spacial score (nSPS) is 11.1. The van der Waals surface area contributed by atoms with Gasteiger partial charge in [-0.1, -0.05) is 52.3 Å². The summed E-state index contributed by atoms with van der Waals surface area (Å²) in [5.74, 6) is -0.698. The molecule has 0 spiro atoms. The average molecular weight is 622 g/mol. The fourth-order valence-electron chi connectivity index (χ4n) is 2.94. The van der Waals surface area contributed by atoms with Crippen molar-refractivity contribution in [3.05, 3.63) is 97.2 Å². The number of ether oxygens (including phenoxy) is 2. The summed E-state index contributed by atoms with van der Waals surface area (Å²) < 4.78 is 13.5. The van der Waals surface area contributed by atoms with Crippen molar-refractivity contribution in [1.29, 1.82) is 0 Å². The molecule has 3 aromatic carbocycles. The minimum atomic E-state index is -1.25. The summed E-state index contributed by atoms with van der Waals surface area (Å²) in [6.07, 6.45) is 1.39. The number of aliphatic carboxylic acids is 1. The second-order valence-corrected chi connectivity index (χ2v) is 8.84. The average Bonchev–Trinajstić information content (AvgIpc) is 2.80. The van der Waals surface area contributed by atoms with Crippen LogP contribution in [0.2, 0.25) is 0 Å². The predicted octanol–water partition coefficient (Wildman–Crippen LogP) is 5.89. The van der Waals surface area contributed by atoms with Gasteiger partial charge in [0.1, 0.15) is 12.3 Å². The molecule has 8 heteroatoms. The summed E-state index contributed by atoms with van der Waals surface area (Å²) in [6.45, 7) is 2.60. The number of carbonyl (C=O) groups is 2. The molecule has 3 aromatic rings. The van der Waals surface area contributed by atoms with Gasteiger partial charge in [-0.25, -0.2) is 4.79 Å². The van der Waals surface area contributed by atoms with Crippen LogP contribution in [0.1, 0.15) is 28.4 Å². The fourth-order valence-corrected chi connectivity index (χ4v) is 4.12. The van der Waals surface area contributed by atoms with Gasteiger partial charge in [0.15, 0.2) is 11.5 Å². The van der Waals surface area contributed by atoms with Crippen LogP contribution >= 0.6 is 38.5 Å². The first-order chi connectivity index (χ1) is 15.9. The monoisotopic (exact) mass is 621 g/mol. The largest absolute Gasteiger partial charge is 0.490 e. The minimum absolute atomic E-state index is 0.246. The van der Waals surface area contributed by atoms with Gasteiger partial charge < -0.3 is 19.9 Å². The quantitative estimate of drug-likeness (QED) is 0.230. The fraction of sp³-hybridized carbons (Fsp3) is 0.120. The summed E-state index contributed by atoms with van der Waals surface area (Å²) in [4.78, 5) is 24.2. The van der Waals surface area contributed by atoms with Crippen molar-refractivity contribution in [3.63, 3.8) is 0 Å². The van der Waals surface area contributed by atoms with E-state index in [1.807, 2.05) is 31.2 Å². The maximum Gasteiger partial charge on any atom is 0.352 e. The van der Waals surface area contributed by atoms with Gasteiger partial charge in [0, 0.05) is 15.6 Å². The number of hydrogen-bond acceptors (Lipinski definition) is 4. The van der Waals surface area contributed by atoms with Crippen LogP contribution in [0.15, 0.2) is 76.9 Å². The third-order valence-corrected chi connectivity index (χ3v) is 6.06. The maximum atomic E-state index is 12.4. The molecular formula is C25H21BrINO5. The highest BCUT2D eigenvalue weighted by Crippen LogP contribution is 2.36. The van der Waals surface area contributed by atoms with Gasteiger partial charge in [-0.3, -0.25) is 4.79 Å². The van der Waals surface area contributed by atoms with Gasteiger partial charge >= 0.3 is 5.97 Å². The summed E-state index contributed by atoms with van der Waals surface area (Å²) in [6, 6.07) is 19.7. The molecule has 0 radical (unpaired) electrons. The number of halogens is 2. The molecule has 0 bridgehead atoms. The lowest BCUT2D eigenvalue weighted by Gasteiger charge is -2.15. The van der Waals surface area contributed by atoms with Crippen molar-refractivity contribution in [2.75, 3.05) is 6.61 Å². The maximum absolute atomic E-state index is 12.4. The predicted molar refractivity (Wildman–Crippen MR) is 138 cm³/mol. The lowest BCUT2D eigenvalue weighted by Crippen LogP contribution is -2.27. The molecular weight excluding hydrogens is 601 g/mol. The van der Waals surface area contributed by atoms with Gasteiger partial charge in [0.05, 0.1) is 10.2 Å². The molecule has 0 saturated carbocycles. The Morgan fingerprint density at radius 1 is 1.06 bits per heavy atom. The van der Waals surface area contributed by atoms with Gasteiger partial charge in [-0.2, -0.15) is 0 Å². The van der Waals surface area contributed by atoms with Crippen molar-refractivity contribution in [1.82, 2.24) is 5.32 Å². The van der Waals surface area contributed by atoms with Crippen LogP contribution < -0.4 is 14.8 Å². The van der Waals surface area contributed by atoms with Crippen molar-refractivity contribution in [2.24, 2.45) is 0 Å². The molecule has 0 atom stereocenters. The highest BCUT2D eigenvalue weighted by molar-refractivity contribution is 14.1. The molecule has 1 amide bonds. The molecule has 0 aromatic heterocycles. The summed E-state index contributed by atoms with van der Waals surface area (Å²) in [7, 11) is 0. The van der Waals surface area contributed by atoms with E-state index in [9.17, 15) is 14.7 Å². The van der Waals surface area contributed by atoms with Crippen LogP contribution in [0, 0.1) is 3.57 Å². The Morgan fingerprint density at radius 3 is 2.42 bits per heavy atom. The molecule has 6 nitrogen and oxygen atoms in total. The van der Waals surface area contributed by atoms with Crippen molar-refractivity contribution in [2.45, 2.75) is 13.5 Å². The van der Waals surface area contributed by atoms with E-state index in [-0.39, 0.29) is 5.70 Å². The smallest absolute Gasteiger partial charge is 0.352 e. The molecule has 0 aliphatic carbocycles. The third kappa shape index (κ3) is 6.82. The Bertz CT molecular complexity index is 1180. The third-order valence-electron chi connectivity index (χ3n) is 4.49. The Labute approximate surface area is 213 Å². The Kier molecular flexibility index (Phi) is 8.90. The van der Waals surface area contributed by atoms with E-state index in [0.717, 1.165) is 13.6 Å². The van der Waals surface area contributed by atoms with Crippen molar-refractivity contribution < 1.29 is 24.2 Å². The number of carboxylic acid groups (broad SMARTS) is 1. The van der Waals surface area contributed by atoms with Gasteiger partial charge in [-0.05, 0) is 71.5 Å². The number of rotatable bonds is 9. The molecule has 33 heavy (non-hydrogen) atoms. The topological polar surface area (TPSA) is 84.9 Å². The highest BCUT2D eigenvalue weighted by Gasteiger charge is 2.16. The number of carboxylic acids is 1. The van der Waals surface area contributed by atoms with E-state index in [2.05, 4.69) is 43.8 Å². The molecule has 0 fully saturated rings. The van der Waals surface area contributed by atoms with E-state index < -0.39 is 11.9 Å². The molecule has 0 aliphatic rings. The SMILES string of the molecule is CCOc1cc(/C=C(/NC(=O)c2ccccc2)C(=O)O)cc(I)c1OCc1ccccc1Br. The van der Waals surface area contributed by atoms with Crippen LogP contribution in [-0.2, 0) is 11.4 Å². The second-order valence-electron chi connectivity index (χ2n) is 6.83. The molecule has 0 saturated heterocycles. The molecule has 170 valence electrons. The molecule has 2 N–H and O–H groups in total. The first kappa shape index (κ1) is 24.8. The summed E-state index contributed by atoms with van der Waals surface area (Å²) in [5.41, 5.74) is 1.66. The first-order valence-corrected chi connectivity index (χ1v) is 11.9. The number of benzene rings is 3. The first-order valence-electron chi connectivity index (χ1n) is 10.0. The zero-order valence-electron chi connectivity index (χ0n) is 17.7. The number of carbonyl (C=O) groups excluding carboxylic acids is 1. The molecule has 0 heterocycles. The summed E-state index contributed by atoms with van der Waals surface area (Å²) >= 11 is 5.64. The molecule has 3 rings (SSSR count). The highest BCUT2D eigenvalue weighted by atomic mass is 127. The molecule has 0 aliphatic heterocycles. The van der Waals surface area contributed by atoms with Crippen LogP contribution in [0.25, 0.3) is 6.08 Å². The van der Waals surface area contributed by atoms with Gasteiger partial charge in [0.25, 0.3) is 5.91 Å². The number of amides is 1. The van der Waals surface area contributed by atoms with Crippen LogP contribution in [0.3, 0.4) is 0 Å². The molecule has 0 unspecified atom stereocenters. The van der Waals surface area contributed by atoms with Crippen molar-refractivity contribution in [3.8, 4) is 11.5 Å². The van der Waals surface area contributed by atoms with E-state index in [4.69, 9.17) is 9.47 Å². The Morgan fingerprint density at radius 2 is 1.76 bits per heavy atom. The minimum Gasteiger partial charge on any atom is -0.490 e. The lowest BCUT2D eigenvalue weighted by atomic mass is 10.1. The summed E-state index contributed by atoms with van der Waals surface area (Å²) in [5, 5.41) is 12.1. The Balaban J connectivity index is 1.88. The van der Waals surface area contributed by atoms with Crippen LogP contribution in [0.4, 0.5) is 0 Å². The van der Waals surface area contributed by atoms with E-state index in [0.29, 0.717) is 35.8 Å². The van der Waals surface area contributed by atoms with Crippen LogP contribution in [0.5, 0.6) is 11.5 Å². The van der Waals surface area contributed by atoms with Crippen LogP contribution in [-0.4, -0.2) is 23.6 Å². The van der Waals surface area contributed by atoms with E-state index in [1.165, 1.54) is 6.08 Å². The van der Waals surface area contributed by atoms with E-state index >= 15 is 0 Å². The van der Waals surface area contributed by atoms with Gasteiger partial charge in [0.2, 0.25) is 0 Å².